The van der Waals surface area contributed by atoms with Gasteiger partial charge in [-0.2, -0.15) is 0 Å². The maximum atomic E-state index is 11.3. The summed E-state index contributed by atoms with van der Waals surface area (Å²) in [6.07, 6.45) is 2.89. The lowest BCUT2D eigenvalue weighted by molar-refractivity contribution is 0.607. The van der Waals surface area contributed by atoms with Crippen LogP contribution in [0.4, 0.5) is 11.6 Å². The van der Waals surface area contributed by atoms with Crippen molar-refractivity contribution in [2.75, 3.05) is 16.3 Å². The van der Waals surface area contributed by atoms with Gasteiger partial charge in [0.05, 0.1) is 11.8 Å². The average Bonchev–Trinajstić information content (AvgIpc) is 2.51. The highest BCUT2D eigenvalue weighted by Crippen LogP contribution is 2.19. The summed E-state index contributed by atoms with van der Waals surface area (Å²) < 4.78 is 26.0. The summed E-state index contributed by atoms with van der Waals surface area (Å²) in [4.78, 5) is 8.75. The molecule has 0 amide bonds. The fraction of sp³-hybridized carbons (Fsp3) is 0.125. The first-order chi connectivity index (χ1) is 11.4. The zero-order chi connectivity index (χ0) is 17.2. The Morgan fingerprint density at radius 3 is 2.79 bits per heavy atom. The molecule has 1 heterocycles. The third-order valence-electron chi connectivity index (χ3n) is 3.22. The van der Waals surface area contributed by atoms with Gasteiger partial charge in [-0.15, -0.1) is 0 Å². The van der Waals surface area contributed by atoms with Gasteiger partial charge < -0.3 is 5.32 Å². The minimum atomic E-state index is -3.29. The van der Waals surface area contributed by atoms with Crippen LogP contribution in [-0.2, 0) is 16.6 Å². The number of nitrogens with one attached hydrogen (secondary N) is 2. The third kappa shape index (κ3) is 4.42. The second-order valence-corrected chi connectivity index (χ2v) is 7.99. The molecule has 0 fully saturated rings. The number of aromatic nitrogens is 2. The van der Waals surface area contributed by atoms with Crippen LogP contribution in [0, 0.1) is 0 Å². The molecule has 124 valence electrons. The number of benzene rings is 2. The first-order valence-electron chi connectivity index (χ1n) is 7.12. The fourth-order valence-electron chi connectivity index (χ4n) is 2.23. The van der Waals surface area contributed by atoms with Crippen LogP contribution >= 0.6 is 15.9 Å². The number of halogens is 1. The van der Waals surface area contributed by atoms with Gasteiger partial charge in [-0.3, -0.25) is 4.72 Å². The van der Waals surface area contributed by atoms with Crippen LogP contribution in [0.3, 0.4) is 0 Å². The summed E-state index contributed by atoms with van der Waals surface area (Å²) in [6.45, 7) is 0.487. The predicted octanol–water partition coefficient (Wildman–Crippen LogP) is 3.38. The molecule has 0 aliphatic heterocycles. The maximum Gasteiger partial charge on any atom is 0.229 e. The Hall–Kier alpha value is -2.19. The SMILES string of the molecule is CS(=O)(=O)Nc1cccc(CNc2ncc3cc(Br)ccc3n2)c1. The fourth-order valence-corrected chi connectivity index (χ4v) is 3.16. The molecule has 24 heavy (non-hydrogen) atoms. The van der Waals surface area contributed by atoms with Gasteiger partial charge >= 0.3 is 0 Å². The summed E-state index contributed by atoms with van der Waals surface area (Å²) in [6, 6.07) is 13.0. The van der Waals surface area contributed by atoms with Gasteiger partial charge in [0.15, 0.2) is 0 Å². The van der Waals surface area contributed by atoms with Crippen LogP contribution in [0.2, 0.25) is 0 Å². The summed E-state index contributed by atoms with van der Waals surface area (Å²) >= 11 is 3.42. The Labute approximate surface area is 148 Å². The van der Waals surface area contributed by atoms with E-state index < -0.39 is 10.0 Å². The highest BCUT2D eigenvalue weighted by molar-refractivity contribution is 9.10. The van der Waals surface area contributed by atoms with Gasteiger partial charge in [0.25, 0.3) is 0 Å². The lowest BCUT2D eigenvalue weighted by atomic mass is 10.2. The number of anilines is 2. The Kier molecular flexibility index (Phi) is 4.68. The molecule has 0 unspecified atom stereocenters. The van der Waals surface area contributed by atoms with Crippen molar-refractivity contribution in [1.29, 1.82) is 0 Å². The molecule has 0 saturated carbocycles. The van der Waals surface area contributed by atoms with Gasteiger partial charge in [0, 0.05) is 28.3 Å². The van der Waals surface area contributed by atoms with E-state index in [2.05, 4.69) is 35.9 Å². The van der Waals surface area contributed by atoms with Crippen LogP contribution in [0.1, 0.15) is 5.56 Å². The van der Waals surface area contributed by atoms with Crippen molar-refractivity contribution in [2.45, 2.75) is 6.54 Å². The van der Waals surface area contributed by atoms with E-state index in [1.807, 2.05) is 24.3 Å². The number of fused-ring (bicyclic) bond motifs is 1. The van der Waals surface area contributed by atoms with Crippen LogP contribution in [-0.4, -0.2) is 24.6 Å². The van der Waals surface area contributed by atoms with Crippen molar-refractivity contribution in [3.8, 4) is 0 Å². The van der Waals surface area contributed by atoms with E-state index >= 15 is 0 Å². The van der Waals surface area contributed by atoms with Crippen molar-refractivity contribution < 1.29 is 8.42 Å². The van der Waals surface area contributed by atoms with E-state index in [-0.39, 0.29) is 0 Å². The minimum absolute atomic E-state index is 0.487. The molecule has 8 heteroatoms. The maximum absolute atomic E-state index is 11.3. The summed E-state index contributed by atoms with van der Waals surface area (Å²) in [5.74, 6) is 0.520. The van der Waals surface area contributed by atoms with Crippen LogP contribution < -0.4 is 10.0 Å². The third-order valence-corrected chi connectivity index (χ3v) is 4.32. The molecule has 0 atom stereocenters. The van der Waals surface area contributed by atoms with Gasteiger partial charge in [0.1, 0.15) is 0 Å². The quantitative estimate of drug-likeness (QED) is 0.678. The van der Waals surface area contributed by atoms with Gasteiger partial charge in [-0.05, 0) is 35.9 Å². The lowest BCUT2D eigenvalue weighted by Crippen LogP contribution is -2.10. The molecule has 0 radical (unpaired) electrons. The average molecular weight is 407 g/mol. The molecule has 6 nitrogen and oxygen atoms in total. The van der Waals surface area contributed by atoms with Crippen molar-refractivity contribution in [3.63, 3.8) is 0 Å². The Bertz CT molecular complexity index is 992. The van der Waals surface area contributed by atoms with Crippen LogP contribution in [0.15, 0.2) is 53.1 Å². The highest BCUT2D eigenvalue weighted by Gasteiger charge is 2.04. The van der Waals surface area contributed by atoms with E-state index in [0.717, 1.165) is 27.2 Å². The van der Waals surface area contributed by atoms with Crippen LogP contribution in [0.25, 0.3) is 10.9 Å². The lowest BCUT2D eigenvalue weighted by Gasteiger charge is -2.08. The Balaban J connectivity index is 1.73. The van der Waals surface area contributed by atoms with Crippen LogP contribution in [0.5, 0.6) is 0 Å². The Morgan fingerprint density at radius 2 is 2.00 bits per heavy atom. The summed E-state index contributed by atoms with van der Waals surface area (Å²) in [7, 11) is -3.29. The number of sulfonamides is 1. The number of hydrogen-bond acceptors (Lipinski definition) is 5. The first-order valence-corrected chi connectivity index (χ1v) is 9.80. The first kappa shape index (κ1) is 16.7. The summed E-state index contributed by atoms with van der Waals surface area (Å²) in [5.41, 5.74) is 2.30. The normalized spacial score (nSPS) is 11.4. The topological polar surface area (TPSA) is 84.0 Å². The molecular weight excluding hydrogens is 392 g/mol. The molecule has 2 N–H and O–H groups in total. The Morgan fingerprint density at radius 1 is 1.17 bits per heavy atom. The zero-order valence-corrected chi connectivity index (χ0v) is 15.2. The molecule has 0 bridgehead atoms. The van der Waals surface area contributed by atoms with Crippen molar-refractivity contribution in [2.24, 2.45) is 0 Å². The van der Waals surface area contributed by atoms with E-state index in [9.17, 15) is 8.42 Å². The standard InChI is InChI=1S/C16H15BrN4O2S/c1-24(22,23)21-14-4-2-3-11(7-14)9-18-16-19-10-12-8-13(17)5-6-15(12)20-16/h2-8,10,21H,9H2,1H3,(H,18,19,20). The molecule has 0 aliphatic rings. The van der Waals surface area contributed by atoms with Gasteiger partial charge in [-0.25, -0.2) is 18.4 Å². The number of rotatable bonds is 5. The van der Waals surface area contributed by atoms with E-state index in [4.69, 9.17) is 0 Å². The molecule has 2 aromatic carbocycles. The van der Waals surface area contributed by atoms with E-state index in [1.165, 1.54) is 0 Å². The van der Waals surface area contributed by atoms with Gasteiger partial charge in [0.2, 0.25) is 16.0 Å². The molecule has 0 saturated heterocycles. The molecular formula is C16H15BrN4O2S. The van der Waals surface area contributed by atoms with Gasteiger partial charge in [-0.1, -0.05) is 28.1 Å². The van der Waals surface area contributed by atoms with Crippen molar-refractivity contribution >= 4 is 48.5 Å². The zero-order valence-electron chi connectivity index (χ0n) is 12.8. The largest absolute Gasteiger partial charge is 0.350 e. The van der Waals surface area contributed by atoms with Crippen molar-refractivity contribution in [1.82, 2.24) is 9.97 Å². The number of hydrogen-bond donors (Lipinski definition) is 2. The molecule has 1 aromatic heterocycles. The number of nitrogens with zero attached hydrogens (tertiary/aromatic N) is 2. The predicted molar refractivity (Wildman–Crippen MR) is 99.5 cm³/mol. The van der Waals surface area contributed by atoms with Crippen molar-refractivity contribution in [3.05, 3.63) is 58.7 Å². The monoisotopic (exact) mass is 406 g/mol. The molecule has 0 spiro atoms. The second-order valence-electron chi connectivity index (χ2n) is 5.32. The smallest absolute Gasteiger partial charge is 0.229 e. The molecule has 3 rings (SSSR count). The summed E-state index contributed by atoms with van der Waals surface area (Å²) in [5, 5.41) is 4.10. The van der Waals surface area contributed by atoms with E-state index in [1.54, 1.807) is 24.4 Å². The van der Waals surface area contributed by atoms with E-state index in [0.29, 0.717) is 18.2 Å². The molecule has 3 aromatic rings. The highest BCUT2D eigenvalue weighted by atomic mass is 79.9. The molecule has 0 aliphatic carbocycles. The second kappa shape index (κ2) is 6.74. The minimum Gasteiger partial charge on any atom is -0.350 e.